The molecular weight excluding hydrogens is 468 g/mol. The van der Waals surface area contributed by atoms with E-state index in [4.69, 9.17) is 9.47 Å². The van der Waals surface area contributed by atoms with E-state index in [9.17, 15) is 19.5 Å². The van der Waals surface area contributed by atoms with Crippen LogP contribution in [0.5, 0.6) is 0 Å². The molecule has 1 aliphatic rings. The van der Waals surface area contributed by atoms with Crippen LogP contribution in [0.2, 0.25) is 0 Å². The topological polar surface area (TPSA) is 89.9 Å². The molecule has 6 heteroatoms. The van der Waals surface area contributed by atoms with Crippen LogP contribution in [0.25, 0.3) is 0 Å². The first-order chi connectivity index (χ1) is 18.0. The molecule has 0 heterocycles. The van der Waals surface area contributed by atoms with Gasteiger partial charge in [0.2, 0.25) is 0 Å². The second kappa shape index (κ2) is 22.4. The van der Waals surface area contributed by atoms with E-state index in [0.717, 1.165) is 38.5 Å². The molecule has 6 nitrogen and oxygen atoms in total. The van der Waals surface area contributed by atoms with Crippen LogP contribution in [0.4, 0.5) is 0 Å². The Morgan fingerprint density at radius 3 is 1.41 bits per heavy atom. The Hall–Kier alpha value is -1.59. The Labute approximate surface area is 226 Å². The second-order valence-electron chi connectivity index (χ2n) is 11.1. The molecule has 37 heavy (non-hydrogen) atoms. The maximum atomic E-state index is 12.6. The van der Waals surface area contributed by atoms with Gasteiger partial charge in [-0.15, -0.1) is 0 Å². The molecule has 3 unspecified atom stereocenters. The maximum Gasteiger partial charge on any atom is 0.309 e. The summed E-state index contributed by atoms with van der Waals surface area (Å²) in [5, 5.41) is 9.71. The van der Waals surface area contributed by atoms with Crippen LogP contribution in [0.15, 0.2) is 0 Å². The van der Waals surface area contributed by atoms with Crippen molar-refractivity contribution in [3.05, 3.63) is 0 Å². The van der Waals surface area contributed by atoms with Gasteiger partial charge in [0.05, 0.1) is 31.0 Å². The van der Waals surface area contributed by atoms with Gasteiger partial charge in [-0.25, -0.2) is 0 Å². The highest BCUT2D eigenvalue weighted by Gasteiger charge is 2.42. The summed E-state index contributed by atoms with van der Waals surface area (Å²) in [7, 11) is 0. The van der Waals surface area contributed by atoms with Crippen molar-refractivity contribution in [2.24, 2.45) is 17.8 Å². The number of rotatable bonds is 23. The average molecular weight is 525 g/mol. The fourth-order valence-corrected chi connectivity index (χ4v) is 5.34. The van der Waals surface area contributed by atoms with Crippen molar-refractivity contribution < 1.29 is 29.0 Å². The molecule has 0 saturated heterocycles. The third kappa shape index (κ3) is 16.1. The Morgan fingerprint density at radius 1 is 0.568 bits per heavy atom. The molecule has 0 aromatic heterocycles. The number of carbonyl (C=O) groups is 3. The molecular formula is C31H56O6. The monoisotopic (exact) mass is 524 g/mol. The summed E-state index contributed by atoms with van der Waals surface area (Å²) in [6.45, 7) is 5.19. The Balaban J connectivity index is 2.19. The van der Waals surface area contributed by atoms with E-state index in [-0.39, 0.29) is 12.4 Å². The highest BCUT2D eigenvalue weighted by atomic mass is 16.5. The van der Waals surface area contributed by atoms with Gasteiger partial charge in [0, 0.05) is 0 Å². The lowest BCUT2D eigenvalue weighted by Crippen LogP contribution is -2.39. The fourth-order valence-electron chi connectivity index (χ4n) is 5.34. The van der Waals surface area contributed by atoms with Gasteiger partial charge >= 0.3 is 17.9 Å². The lowest BCUT2D eigenvalue weighted by atomic mass is 9.74. The molecule has 0 bridgehead atoms. The molecule has 0 spiro atoms. The smallest absolute Gasteiger partial charge is 0.309 e. The molecule has 1 N–H and O–H groups in total. The lowest BCUT2D eigenvalue weighted by molar-refractivity contribution is -0.164. The van der Waals surface area contributed by atoms with E-state index in [1.807, 2.05) is 0 Å². The number of aliphatic carboxylic acids is 1. The third-order valence-corrected chi connectivity index (χ3v) is 7.79. The SMILES string of the molecule is CCCCCCCCCCCOC(=O)C1CCC(C(=O)OCCCCCCCCCCC)C(C(=O)O)C1. The van der Waals surface area contributed by atoms with Crippen LogP contribution in [0.1, 0.15) is 149 Å². The average Bonchev–Trinajstić information content (AvgIpc) is 2.90. The summed E-state index contributed by atoms with van der Waals surface area (Å²) in [5.41, 5.74) is 0. The van der Waals surface area contributed by atoms with Gasteiger partial charge in [-0.3, -0.25) is 14.4 Å². The molecule has 3 atom stereocenters. The number of unbranched alkanes of at least 4 members (excludes halogenated alkanes) is 16. The van der Waals surface area contributed by atoms with Crippen molar-refractivity contribution in [2.45, 2.75) is 149 Å². The summed E-state index contributed by atoms with van der Waals surface area (Å²) >= 11 is 0. The van der Waals surface area contributed by atoms with Gasteiger partial charge in [-0.05, 0) is 32.1 Å². The zero-order chi connectivity index (χ0) is 27.1. The molecule has 0 amide bonds. The zero-order valence-corrected chi connectivity index (χ0v) is 24.0. The summed E-state index contributed by atoms with van der Waals surface area (Å²) in [6, 6.07) is 0. The number of esters is 2. The minimum atomic E-state index is -1.03. The van der Waals surface area contributed by atoms with Crippen molar-refractivity contribution in [2.75, 3.05) is 13.2 Å². The van der Waals surface area contributed by atoms with Gasteiger partial charge in [-0.1, -0.05) is 117 Å². The molecule has 0 aromatic carbocycles. The van der Waals surface area contributed by atoms with E-state index < -0.39 is 29.7 Å². The first-order valence-corrected chi connectivity index (χ1v) is 15.6. The normalized spacial score (nSPS) is 19.5. The number of hydrogen-bond acceptors (Lipinski definition) is 5. The molecule has 0 radical (unpaired) electrons. The highest BCUT2D eigenvalue weighted by Crippen LogP contribution is 2.36. The summed E-state index contributed by atoms with van der Waals surface area (Å²) in [4.78, 5) is 37.0. The summed E-state index contributed by atoms with van der Waals surface area (Å²) in [5.74, 6) is -3.75. The predicted molar refractivity (Wildman–Crippen MR) is 148 cm³/mol. The molecule has 0 aliphatic heterocycles. The number of carboxylic acid groups (broad SMARTS) is 1. The number of hydrogen-bond donors (Lipinski definition) is 1. The van der Waals surface area contributed by atoms with Gasteiger partial charge in [0.15, 0.2) is 0 Å². The Kier molecular flexibility index (Phi) is 20.2. The second-order valence-corrected chi connectivity index (χ2v) is 11.1. The minimum Gasteiger partial charge on any atom is -0.481 e. The van der Waals surface area contributed by atoms with Crippen molar-refractivity contribution in [3.8, 4) is 0 Å². The van der Waals surface area contributed by atoms with Crippen LogP contribution >= 0.6 is 0 Å². The molecule has 1 fully saturated rings. The van der Waals surface area contributed by atoms with Gasteiger partial charge in [-0.2, -0.15) is 0 Å². The lowest BCUT2D eigenvalue weighted by Gasteiger charge is -2.31. The van der Waals surface area contributed by atoms with Crippen LogP contribution in [-0.4, -0.2) is 36.2 Å². The molecule has 0 aromatic rings. The van der Waals surface area contributed by atoms with E-state index in [1.165, 1.54) is 77.0 Å². The zero-order valence-electron chi connectivity index (χ0n) is 24.0. The number of carboxylic acids is 1. The van der Waals surface area contributed by atoms with Gasteiger partial charge < -0.3 is 14.6 Å². The van der Waals surface area contributed by atoms with Crippen molar-refractivity contribution in [1.29, 1.82) is 0 Å². The van der Waals surface area contributed by atoms with Crippen LogP contribution < -0.4 is 0 Å². The van der Waals surface area contributed by atoms with Crippen LogP contribution in [0, 0.1) is 17.8 Å². The predicted octanol–water partition coefficient (Wildman–Crippen LogP) is 8.25. The minimum absolute atomic E-state index is 0.156. The number of carbonyl (C=O) groups excluding carboxylic acids is 2. The third-order valence-electron chi connectivity index (χ3n) is 7.79. The number of ether oxygens (including phenoxy) is 2. The van der Waals surface area contributed by atoms with E-state index >= 15 is 0 Å². The van der Waals surface area contributed by atoms with E-state index in [1.54, 1.807) is 0 Å². The van der Waals surface area contributed by atoms with Gasteiger partial charge in [0.1, 0.15) is 0 Å². The standard InChI is InChI=1S/C31H56O6/c1-3-5-7-9-11-13-15-17-19-23-36-30(34)26-21-22-27(28(25-26)29(32)33)31(35)37-24-20-18-16-14-12-10-8-6-4-2/h26-28H,3-25H2,1-2H3,(H,32,33). The highest BCUT2D eigenvalue weighted by molar-refractivity contribution is 5.83. The Bertz CT molecular complexity index is 605. The summed E-state index contributed by atoms with van der Waals surface area (Å²) in [6.07, 6.45) is 22.5. The quantitative estimate of drug-likeness (QED) is 0.107. The van der Waals surface area contributed by atoms with Crippen molar-refractivity contribution in [3.63, 3.8) is 0 Å². The summed E-state index contributed by atoms with van der Waals surface area (Å²) < 4.78 is 10.9. The van der Waals surface area contributed by atoms with Crippen molar-refractivity contribution >= 4 is 17.9 Å². The fraction of sp³-hybridized carbons (Fsp3) is 0.903. The van der Waals surface area contributed by atoms with E-state index in [2.05, 4.69) is 13.8 Å². The first-order valence-electron chi connectivity index (χ1n) is 15.6. The molecule has 1 rings (SSSR count). The maximum absolute atomic E-state index is 12.6. The largest absolute Gasteiger partial charge is 0.481 e. The van der Waals surface area contributed by atoms with Crippen LogP contribution in [0.3, 0.4) is 0 Å². The molecule has 1 aliphatic carbocycles. The van der Waals surface area contributed by atoms with Crippen molar-refractivity contribution in [1.82, 2.24) is 0 Å². The first kappa shape index (κ1) is 33.4. The van der Waals surface area contributed by atoms with E-state index in [0.29, 0.717) is 26.1 Å². The molecule has 1 saturated carbocycles. The Morgan fingerprint density at radius 2 is 0.973 bits per heavy atom. The molecule has 216 valence electrons. The van der Waals surface area contributed by atoms with Crippen LogP contribution in [-0.2, 0) is 23.9 Å². The van der Waals surface area contributed by atoms with Gasteiger partial charge in [0.25, 0.3) is 0 Å².